The van der Waals surface area contributed by atoms with Crippen molar-refractivity contribution in [3.05, 3.63) is 57.4 Å². The van der Waals surface area contributed by atoms with Crippen LogP contribution < -0.4 is 10.5 Å². The van der Waals surface area contributed by atoms with Gasteiger partial charge in [0, 0.05) is 11.6 Å². The van der Waals surface area contributed by atoms with E-state index in [-0.39, 0.29) is 11.8 Å². The summed E-state index contributed by atoms with van der Waals surface area (Å²) in [6.45, 7) is 1.80. The number of para-hydroxylation sites is 2. The van der Waals surface area contributed by atoms with E-state index in [0.717, 1.165) is 3.57 Å². The molecule has 0 bridgehead atoms. The van der Waals surface area contributed by atoms with Gasteiger partial charge < -0.3 is 10.5 Å². The molecule has 0 aliphatic carbocycles. The zero-order chi connectivity index (χ0) is 13.1. The normalized spacial score (nSPS) is 12.2. The molecule has 0 saturated carbocycles. The Morgan fingerprint density at radius 2 is 1.89 bits per heavy atom. The van der Waals surface area contributed by atoms with E-state index < -0.39 is 5.82 Å². The van der Waals surface area contributed by atoms with Crippen molar-refractivity contribution < 1.29 is 9.13 Å². The fourth-order valence-corrected chi connectivity index (χ4v) is 2.13. The van der Waals surface area contributed by atoms with Gasteiger partial charge in [-0.2, -0.15) is 0 Å². The molecule has 1 atom stereocenters. The van der Waals surface area contributed by atoms with Gasteiger partial charge in [-0.3, -0.25) is 0 Å². The zero-order valence-electron chi connectivity index (χ0n) is 9.86. The van der Waals surface area contributed by atoms with Crippen LogP contribution in [-0.2, 0) is 0 Å². The summed E-state index contributed by atoms with van der Waals surface area (Å²) < 4.78 is 20.4. The molecule has 0 amide bonds. The van der Waals surface area contributed by atoms with Crippen molar-refractivity contribution in [3.8, 4) is 11.5 Å². The van der Waals surface area contributed by atoms with Crippen LogP contribution in [0.5, 0.6) is 11.5 Å². The molecule has 0 unspecified atom stereocenters. The van der Waals surface area contributed by atoms with Gasteiger partial charge in [-0.1, -0.05) is 24.3 Å². The van der Waals surface area contributed by atoms with Gasteiger partial charge in [-0.15, -0.1) is 0 Å². The van der Waals surface area contributed by atoms with Crippen LogP contribution in [0.25, 0.3) is 0 Å². The van der Waals surface area contributed by atoms with Crippen LogP contribution in [0.15, 0.2) is 42.5 Å². The fourth-order valence-electron chi connectivity index (χ4n) is 1.63. The van der Waals surface area contributed by atoms with Gasteiger partial charge in [0.15, 0.2) is 11.6 Å². The largest absolute Gasteiger partial charge is 0.453 e. The van der Waals surface area contributed by atoms with E-state index in [9.17, 15) is 4.39 Å². The van der Waals surface area contributed by atoms with Crippen LogP contribution in [0.2, 0.25) is 0 Å². The predicted octanol–water partition coefficient (Wildman–Crippen LogP) is 4.24. The van der Waals surface area contributed by atoms with Crippen LogP contribution >= 0.6 is 22.6 Å². The van der Waals surface area contributed by atoms with E-state index >= 15 is 0 Å². The number of hydrogen-bond acceptors (Lipinski definition) is 2. The van der Waals surface area contributed by atoms with E-state index in [1.165, 1.54) is 6.07 Å². The Kier molecular flexibility index (Phi) is 4.19. The monoisotopic (exact) mass is 357 g/mol. The molecule has 0 heterocycles. The van der Waals surface area contributed by atoms with Crippen molar-refractivity contribution in [1.29, 1.82) is 0 Å². The lowest BCUT2D eigenvalue weighted by atomic mass is 10.1. The van der Waals surface area contributed by atoms with Gasteiger partial charge >= 0.3 is 0 Å². The Hall–Kier alpha value is -1.14. The third-order valence-corrected chi connectivity index (χ3v) is 3.43. The Balaban J connectivity index is 2.43. The Morgan fingerprint density at radius 1 is 1.17 bits per heavy atom. The molecule has 0 fully saturated rings. The Bertz CT molecular complexity index is 557. The molecule has 0 radical (unpaired) electrons. The van der Waals surface area contributed by atoms with Crippen LogP contribution in [0.3, 0.4) is 0 Å². The molecule has 2 nitrogen and oxygen atoms in total. The first-order valence-corrected chi connectivity index (χ1v) is 6.64. The van der Waals surface area contributed by atoms with Crippen molar-refractivity contribution in [2.45, 2.75) is 13.0 Å². The molecule has 2 aromatic rings. The molecule has 0 aliphatic rings. The van der Waals surface area contributed by atoms with Gasteiger partial charge in [-0.05, 0) is 47.7 Å². The van der Waals surface area contributed by atoms with Crippen LogP contribution in [0, 0.1) is 9.39 Å². The standard InChI is InChI=1S/C14H13FINO/c1-9(17)10-5-4-6-11(15)14(10)18-13-8-3-2-7-12(13)16/h2-9H,17H2,1H3/t9-/m1/s1. The molecule has 2 rings (SSSR count). The number of nitrogens with two attached hydrogens (primary N) is 1. The third-order valence-electron chi connectivity index (χ3n) is 2.54. The molecular weight excluding hydrogens is 344 g/mol. The maximum atomic E-state index is 13.8. The lowest BCUT2D eigenvalue weighted by Gasteiger charge is -2.15. The van der Waals surface area contributed by atoms with Gasteiger partial charge in [0.1, 0.15) is 5.75 Å². The number of rotatable bonds is 3. The number of ether oxygens (including phenoxy) is 1. The number of halogens is 2. The molecule has 4 heteroatoms. The summed E-state index contributed by atoms with van der Waals surface area (Å²) in [5, 5.41) is 0. The molecule has 0 saturated heterocycles. The predicted molar refractivity (Wildman–Crippen MR) is 78.2 cm³/mol. The second-order valence-electron chi connectivity index (χ2n) is 3.98. The highest BCUT2D eigenvalue weighted by atomic mass is 127. The van der Waals surface area contributed by atoms with E-state index in [1.807, 2.05) is 18.2 Å². The van der Waals surface area contributed by atoms with Crippen molar-refractivity contribution in [2.24, 2.45) is 5.73 Å². The SMILES string of the molecule is C[C@@H](N)c1cccc(F)c1Oc1ccccc1I. The Labute approximate surface area is 119 Å². The van der Waals surface area contributed by atoms with Gasteiger partial charge in [0.2, 0.25) is 0 Å². The average molecular weight is 357 g/mol. The van der Waals surface area contributed by atoms with Gasteiger partial charge in [-0.25, -0.2) is 4.39 Å². The number of hydrogen-bond donors (Lipinski definition) is 1. The van der Waals surface area contributed by atoms with E-state index in [2.05, 4.69) is 22.6 Å². The molecule has 2 N–H and O–H groups in total. The smallest absolute Gasteiger partial charge is 0.167 e. The summed E-state index contributed by atoms with van der Waals surface area (Å²) in [5.74, 6) is 0.436. The number of benzene rings is 2. The zero-order valence-corrected chi connectivity index (χ0v) is 12.0. The van der Waals surface area contributed by atoms with Crippen molar-refractivity contribution in [3.63, 3.8) is 0 Å². The molecule has 94 valence electrons. The van der Waals surface area contributed by atoms with Crippen LogP contribution in [0.4, 0.5) is 4.39 Å². The summed E-state index contributed by atoms with van der Waals surface area (Å²) >= 11 is 2.15. The fraction of sp³-hybridized carbons (Fsp3) is 0.143. The minimum absolute atomic E-state index is 0.205. The highest BCUT2D eigenvalue weighted by Gasteiger charge is 2.14. The second kappa shape index (κ2) is 5.67. The molecule has 18 heavy (non-hydrogen) atoms. The highest BCUT2D eigenvalue weighted by Crippen LogP contribution is 2.33. The molecule has 0 aliphatic heterocycles. The van der Waals surface area contributed by atoms with E-state index in [4.69, 9.17) is 10.5 Å². The van der Waals surface area contributed by atoms with Crippen molar-refractivity contribution in [2.75, 3.05) is 0 Å². The van der Waals surface area contributed by atoms with Crippen molar-refractivity contribution in [1.82, 2.24) is 0 Å². The first-order valence-electron chi connectivity index (χ1n) is 5.56. The minimum Gasteiger partial charge on any atom is -0.453 e. The summed E-state index contributed by atoms with van der Waals surface area (Å²) in [7, 11) is 0. The lowest BCUT2D eigenvalue weighted by Crippen LogP contribution is -2.07. The maximum absolute atomic E-state index is 13.8. The molecular formula is C14H13FINO. The van der Waals surface area contributed by atoms with Gasteiger partial charge in [0.25, 0.3) is 0 Å². The second-order valence-corrected chi connectivity index (χ2v) is 5.14. The lowest BCUT2D eigenvalue weighted by molar-refractivity contribution is 0.430. The van der Waals surface area contributed by atoms with E-state index in [1.54, 1.807) is 25.1 Å². The highest BCUT2D eigenvalue weighted by molar-refractivity contribution is 14.1. The molecule has 0 spiro atoms. The summed E-state index contributed by atoms with van der Waals surface area (Å²) in [6, 6.07) is 12.0. The molecule has 0 aromatic heterocycles. The summed E-state index contributed by atoms with van der Waals surface area (Å²) in [5.41, 5.74) is 6.49. The minimum atomic E-state index is -0.399. The first-order chi connectivity index (χ1) is 8.59. The van der Waals surface area contributed by atoms with Crippen LogP contribution in [0.1, 0.15) is 18.5 Å². The summed E-state index contributed by atoms with van der Waals surface area (Å²) in [6.07, 6.45) is 0. The molecule has 2 aromatic carbocycles. The van der Waals surface area contributed by atoms with E-state index in [0.29, 0.717) is 11.3 Å². The Morgan fingerprint density at radius 3 is 2.56 bits per heavy atom. The third kappa shape index (κ3) is 2.81. The quantitative estimate of drug-likeness (QED) is 0.834. The maximum Gasteiger partial charge on any atom is 0.167 e. The van der Waals surface area contributed by atoms with Crippen molar-refractivity contribution >= 4 is 22.6 Å². The topological polar surface area (TPSA) is 35.2 Å². The first kappa shape index (κ1) is 13.3. The van der Waals surface area contributed by atoms with Crippen LogP contribution in [-0.4, -0.2) is 0 Å². The van der Waals surface area contributed by atoms with Gasteiger partial charge in [0.05, 0.1) is 3.57 Å². The average Bonchev–Trinajstić information content (AvgIpc) is 2.34. The summed E-state index contributed by atoms with van der Waals surface area (Å²) in [4.78, 5) is 0.